The van der Waals surface area contributed by atoms with Crippen LogP contribution in [0.5, 0.6) is 11.6 Å². The monoisotopic (exact) mass is 363 g/mol. The van der Waals surface area contributed by atoms with Crippen molar-refractivity contribution < 1.29 is 17.9 Å². The Bertz CT molecular complexity index is 853. The summed E-state index contributed by atoms with van der Waals surface area (Å²) >= 11 is 0. The molecule has 0 spiro atoms. The predicted molar refractivity (Wildman–Crippen MR) is 92.3 cm³/mol. The Labute approximate surface area is 147 Å². The van der Waals surface area contributed by atoms with Crippen LogP contribution in [0.2, 0.25) is 0 Å². The zero-order valence-electron chi connectivity index (χ0n) is 14.5. The molecule has 8 heteroatoms. The fraction of sp³-hybridized carbons (Fsp3) is 0.412. The van der Waals surface area contributed by atoms with E-state index in [1.165, 1.54) is 11.4 Å². The first-order valence-corrected chi connectivity index (χ1v) is 9.46. The highest BCUT2D eigenvalue weighted by atomic mass is 32.2. The summed E-state index contributed by atoms with van der Waals surface area (Å²) in [5.41, 5.74) is 1.66. The summed E-state index contributed by atoms with van der Waals surface area (Å²) in [6, 6.07) is 8.68. The van der Waals surface area contributed by atoms with Gasteiger partial charge in [-0.15, -0.1) is 5.10 Å². The van der Waals surface area contributed by atoms with Gasteiger partial charge in [-0.25, -0.2) is 8.42 Å². The van der Waals surface area contributed by atoms with Crippen LogP contribution in [0.25, 0.3) is 0 Å². The maximum absolute atomic E-state index is 13.0. The van der Waals surface area contributed by atoms with Gasteiger partial charge in [0.1, 0.15) is 16.7 Å². The zero-order chi connectivity index (χ0) is 18.0. The summed E-state index contributed by atoms with van der Waals surface area (Å²) in [5.74, 6) is 0.752. The van der Waals surface area contributed by atoms with E-state index in [4.69, 9.17) is 9.47 Å². The van der Waals surface area contributed by atoms with Crippen LogP contribution in [0.1, 0.15) is 17.7 Å². The van der Waals surface area contributed by atoms with E-state index in [2.05, 4.69) is 10.2 Å². The third kappa shape index (κ3) is 3.74. The summed E-state index contributed by atoms with van der Waals surface area (Å²) in [4.78, 5) is 0.186. The molecule has 1 unspecified atom stereocenters. The van der Waals surface area contributed by atoms with Gasteiger partial charge in [0.15, 0.2) is 0 Å². The van der Waals surface area contributed by atoms with Crippen molar-refractivity contribution in [1.82, 2.24) is 14.5 Å². The van der Waals surface area contributed by atoms with E-state index >= 15 is 0 Å². The van der Waals surface area contributed by atoms with Gasteiger partial charge in [-0.05, 0) is 44.0 Å². The maximum atomic E-state index is 13.0. The van der Waals surface area contributed by atoms with Crippen molar-refractivity contribution in [2.24, 2.45) is 0 Å². The van der Waals surface area contributed by atoms with Gasteiger partial charge in [0.25, 0.3) is 0 Å². The predicted octanol–water partition coefficient (Wildman–Crippen LogP) is 1.94. The van der Waals surface area contributed by atoms with Crippen molar-refractivity contribution in [2.75, 3.05) is 20.2 Å². The molecule has 0 saturated carbocycles. The highest BCUT2D eigenvalue weighted by molar-refractivity contribution is 7.89. The largest absolute Gasteiger partial charge is 0.495 e. The second-order valence-corrected chi connectivity index (χ2v) is 7.97. The lowest BCUT2D eigenvalue weighted by molar-refractivity contribution is 0.204. The van der Waals surface area contributed by atoms with Crippen LogP contribution < -0.4 is 9.47 Å². The van der Waals surface area contributed by atoms with Crippen LogP contribution in [0.4, 0.5) is 0 Å². The average Bonchev–Trinajstić information content (AvgIpc) is 3.06. The number of rotatable bonds is 5. The Kier molecular flexibility index (Phi) is 4.91. The van der Waals surface area contributed by atoms with Crippen LogP contribution >= 0.6 is 0 Å². The molecule has 0 amide bonds. The SMILES string of the molecule is COc1ccc(C)cc1S(=O)(=O)N1CCC(Oc2ccc(C)nn2)C1. The minimum absolute atomic E-state index is 0.186. The number of sulfonamides is 1. The van der Waals surface area contributed by atoms with Crippen molar-refractivity contribution in [3.63, 3.8) is 0 Å². The second kappa shape index (κ2) is 6.97. The van der Waals surface area contributed by atoms with Crippen LogP contribution in [0, 0.1) is 13.8 Å². The molecule has 7 nitrogen and oxygen atoms in total. The second-order valence-electron chi connectivity index (χ2n) is 6.06. The lowest BCUT2D eigenvalue weighted by atomic mass is 10.2. The minimum Gasteiger partial charge on any atom is -0.495 e. The number of methoxy groups -OCH3 is 1. The summed E-state index contributed by atoms with van der Waals surface area (Å²) in [6.45, 7) is 4.36. The van der Waals surface area contributed by atoms with Gasteiger partial charge < -0.3 is 9.47 Å². The molecule has 134 valence electrons. The summed E-state index contributed by atoms with van der Waals surface area (Å²) < 4.78 is 38.4. The number of aromatic nitrogens is 2. The normalized spacial score (nSPS) is 18.3. The number of aryl methyl sites for hydroxylation is 2. The van der Waals surface area contributed by atoms with E-state index in [1.54, 1.807) is 18.2 Å². The van der Waals surface area contributed by atoms with E-state index < -0.39 is 10.0 Å². The van der Waals surface area contributed by atoms with E-state index in [0.717, 1.165) is 11.3 Å². The number of benzene rings is 1. The molecule has 2 aromatic rings. The average molecular weight is 363 g/mol. The van der Waals surface area contributed by atoms with Gasteiger partial charge in [0, 0.05) is 12.6 Å². The summed E-state index contributed by atoms with van der Waals surface area (Å²) in [6.07, 6.45) is 0.353. The molecule has 0 bridgehead atoms. The highest BCUT2D eigenvalue weighted by Crippen LogP contribution is 2.30. The van der Waals surface area contributed by atoms with Crippen LogP contribution in [0.15, 0.2) is 35.2 Å². The fourth-order valence-corrected chi connectivity index (χ4v) is 4.48. The van der Waals surface area contributed by atoms with E-state index in [1.807, 2.05) is 26.0 Å². The Hall–Kier alpha value is -2.19. The summed E-state index contributed by atoms with van der Waals surface area (Å²) in [5, 5.41) is 7.91. The highest BCUT2D eigenvalue weighted by Gasteiger charge is 2.35. The quantitative estimate of drug-likeness (QED) is 0.807. The molecule has 1 aromatic heterocycles. The van der Waals surface area contributed by atoms with Gasteiger partial charge >= 0.3 is 0 Å². The molecule has 2 heterocycles. The lowest BCUT2D eigenvalue weighted by Gasteiger charge is -2.19. The van der Waals surface area contributed by atoms with Crippen molar-refractivity contribution in [3.05, 3.63) is 41.6 Å². The van der Waals surface area contributed by atoms with Gasteiger partial charge in [0.2, 0.25) is 15.9 Å². The minimum atomic E-state index is -3.64. The number of nitrogens with zero attached hydrogens (tertiary/aromatic N) is 3. The lowest BCUT2D eigenvalue weighted by Crippen LogP contribution is -2.31. The number of hydrogen-bond acceptors (Lipinski definition) is 6. The molecule has 1 aromatic carbocycles. The number of hydrogen-bond donors (Lipinski definition) is 0. The van der Waals surface area contributed by atoms with Crippen molar-refractivity contribution in [1.29, 1.82) is 0 Å². The molecular weight excluding hydrogens is 342 g/mol. The van der Waals surface area contributed by atoms with Crippen LogP contribution in [-0.4, -0.2) is 49.2 Å². The molecule has 1 aliphatic rings. The van der Waals surface area contributed by atoms with Crippen molar-refractivity contribution in [2.45, 2.75) is 31.3 Å². The Morgan fingerprint density at radius 1 is 1.16 bits per heavy atom. The topological polar surface area (TPSA) is 81.6 Å². The number of ether oxygens (including phenoxy) is 2. The van der Waals surface area contributed by atoms with Crippen LogP contribution in [0.3, 0.4) is 0 Å². The van der Waals surface area contributed by atoms with E-state index in [-0.39, 0.29) is 17.5 Å². The van der Waals surface area contributed by atoms with Crippen molar-refractivity contribution >= 4 is 10.0 Å². The Morgan fingerprint density at radius 3 is 2.64 bits per heavy atom. The van der Waals surface area contributed by atoms with Gasteiger partial charge in [0.05, 0.1) is 19.3 Å². The van der Waals surface area contributed by atoms with Gasteiger partial charge in [-0.3, -0.25) is 0 Å². The third-order valence-corrected chi connectivity index (χ3v) is 5.99. The van der Waals surface area contributed by atoms with Gasteiger partial charge in [-0.2, -0.15) is 9.40 Å². The Balaban J connectivity index is 1.76. The Morgan fingerprint density at radius 2 is 1.96 bits per heavy atom. The smallest absolute Gasteiger partial charge is 0.246 e. The first-order valence-electron chi connectivity index (χ1n) is 8.02. The molecule has 25 heavy (non-hydrogen) atoms. The zero-order valence-corrected chi connectivity index (χ0v) is 15.3. The summed E-state index contributed by atoms with van der Waals surface area (Å²) in [7, 11) is -2.18. The molecular formula is C17H21N3O4S. The van der Waals surface area contributed by atoms with E-state index in [9.17, 15) is 8.42 Å². The molecule has 1 aliphatic heterocycles. The first kappa shape index (κ1) is 17.6. The molecule has 1 fully saturated rings. The molecule has 0 N–H and O–H groups in total. The van der Waals surface area contributed by atoms with Gasteiger partial charge in [-0.1, -0.05) is 6.07 Å². The third-order valence-electron chi connectivity index (χ3n) is 4.11. The molecule has 3 rings (SSSR count). The molecule has 0 aliphatic carbocycles. The standard InChI is InChI=1S/C17H21N3O4S/c1-12-4-6-15(23-3)16(10-12)25(21,22)20-9-8-14(11-20)24-17-7-5-13(2)18-19-17/h4-7,10,14H,8-9,11H2,1-3H3. The van der Waals surface area contributed by atoms with E-state index in [0.29, 0.717) is 24.6 Å². The van der Waals surface area contributed by atoms with Crippen LogP contribution in [-0.2, 0) is 10.0 Å². The molecule has 1 atom stereocenters. The van der Waals surface area contributed by atoms with Crippen molar-refractivity contribution in [3.8, 4) is 11.6 Å². The first-order chi connectivity index (χ1) is 11.9. The maximum Gasteiger partial charge on any atom is 0.246 e. The fourth-order valence-electron chi connectivity index (χ4n) is 2.76. The molecule has 1 saturated heterocycles. The molecule has 0 radical (unpaired) electrons.